The maximum atomic E-state index is 12.2. The van der Waals surface area contributed by atoms with E-state index in [0.717, 1.165) is 12.1 Å². The third-order valence-electron chi connectivity index (χ3n) is 1.53. The van der Waals surface area contributed by atoms with Crippen LogP contribution in [0.2, 0.25) is 5.02 Å². The fourth-order valence-corrected chi connectivity index (χ4v) is 1.36. The van der Waals surface area contributed by atoms with Crippen LogP contribution in [-0.4, -0.2) is 0 Å². The molecular weight excluding hydrogens is 221 g/mol. The van der Waals surface area contributed by atoms with E-state index >= 15 is 0 Å². The van der Waals surface area contributed by atoms with E-state index in [4.69, 9.17) is 11.6 Å². The molecule has 0 atom stereocenters. The zero-order chi connectivity index (χ0) is 10.1. The van der Waals surface area contributed by atoms with Crippen molar-refractivity contribution in [1.29, 1.82) is 0 Å². The van der Waals surface area contributed by atoms with Crippen molar-refractivity contribution in [1.82, 2.24) is 0 Å². The fourth-order valence-electron chi connectivity index (χ4n) is 0.862. The second-order valence-corrected chi connectivity index (χ2v) is 3.14. The normalized spacial score (nSPS) is 11.8. The second kappa shape index (κ2) is 3.80. The van der Waals surface area contributed by atoms with Crippen molar-refractivity contribution in [3.05, 3.63) is 34.3 Å². The number of halogens is 4. The van der Waals surface area contributed by atoms with E-state index in [9.17, 15) is 13.2 Å². The van der Waals surface area contributed by atoms with Crippen LogP contribution in [0.4, 0.5) is 13.2 Å². The lowest BCUT2D eigenvalue weighted by atomic mass is 10.1. The molecule has 0 amide bonds. The molecule has 0 spiro atoms. The van der Waals surface area contributed by atoms with Crippen molar-refractivity contribution in [2.45, 2.75) is 11.9 Å². The lowest BCUT2D eigenvalue weighted by Crippen LogP contribution is -2.05. The van der Waals surface area contributed by atoms with Crippen LogP contribution in [0.3, 0.4) is 0 Å². The van der Waals surface area contributed by atoms with E-state index in [1.807, 2.05) is 0 Å². The summed E-state index contributed by atoms with van der Waals surface area (Å²) in [5.41, 5.74) is -0.372. The zero-order valence-corrected chi connectivity index (χ0v) is 7.93. The van der Waals surface area contributed by atoms with Gasteiger partial charge in [-0.1, -0.05) is 24.2 Å². The van der Waals surface area contributed by atoms with Crippen LogP contribution in [0.25, 0.3) is 0 Å². The van der Waals surface area contributed by atoms with Gasteiger partial charge in [0, 0.05) is 10.8 Å². The number of alkyl halides is 3. The Labute approximate surface area is 84.1 Å². The molecule has 0 saturated heterocycles. The fraction of sp³-hybridized carbons (Fsp3) is 0.250. The summed E-state index contributed by atoms with van der Waals surface area (Å²) in [6.07, 6.45) is -4.33. The highest BCUT2D eigenvalue weighted by atomic mass is 35.5. The first kappa shape index (κ1) is 10.7. The van der Waals surface area contributed by atoms with Gasteiger partial charge in [-0.2, -0.15) is 13.2 Å². The van der Waals surface area contributed by atoms with Gasteiger partial charge in [-0.3, -0.25) is 0 Å². The quantitative estimate of drug-likeness (QED) is 0.676. The Balaban J connectivity index is 3.14. The summed E-state index contributed by atoms with van der Waals surface area (Å²) in [4.78, 5) is 0. The van der Waals surface area contributed by atoms with E-state index in [1.54, 1.807) is 0 Å². The van der Waals surface area contributed by atoms with Crippen LogP contribution in [0, 0.1) is 0 Å². The Morgan fingerprint density at radius 2 is 1.92 bits per heavy atom. The molecule has 71 valence electrons. The number of hydrogen-bond donors (Lipinski definition) is 0. The minimum atomic E-state index is -4.33. The van der Waals surface area contributed by atoms with Crippen LogP contribution in [-0.2, 0) is 11.9 Å². The molecule has 0 aliphatic rings. The van der Waals surface area contributed by atoms with E-state index in [-0.39, 0.29) is 10.8 Å². The van der Waals surface area contributed by atoms with Gasteiger partial charge in [0.05, 0.1) is 5.56 Å². The molecule has 1 aromatic carbocycles. The summed E-state index contributed by atoms with van der Waals surface area (Å²) in [6, 6.07) is 3.14. The van der Waals surface area contributed by atoms with Gasteiger partial charge in [0.15, 0.2) is 0 Å². The molecule has 1 aromatic rings. The first-order valence-electron chi connectivity index (χ1n) is 3.39. The lowest BCUT2D eigenvalue weighted by Gasteiger charge is -2.08. The van der Waals surface area contributed by atoms with E-state index in [1.165, 1.54) is 6.07 Å². The van der Waals surface area contributed by atoms with Gasteiger partial charge in [0.2, 0.25) is 0 Å². The molecule has 1 radical (unpaired) electrons. The summed E-state index contributed by atoms with van der Waals surface area (Å²) in [5.74, 6) is 0.0861. The van der Waals surface area contributed by atoms with Gasteiger partial charge < -0.3 is 0 Å². The predicted octanol–water partition coefficient (Wildman–Crippen LogP) is 4.06. The maximum absolute atomic E-state index is 12.2. The summed E-state index contributed by atoms with van der Waals surface area (Å²) < 4.78 is 36.5. The Kier molecular flexibility index (Phi) is 3.14. The molecule has 13 heavy (non-hydrogen) atoms. The minimum absolute atomic E-state index is 0.0861. The average Bonchev–Trinajstić information content (AvgIpc) is 2.03. The highest BCUT2D eigenvalue weighted by molar-refractivity contribution is 7.79. The van der Waals surface area contributed by atoms with Gasteiger partial charge in [-0.25, -0.2) is 0 Å². The van der Waals surface area contributed by atoms with E-state index < -0.39 is 11.7 Å². The summed E-state index contributed by atoms with van der Waals surface area (Å²) in [6.45, 7) is 0. The van der Waals surface area contributed by atoms with Gasteiger partial charge in [-0.15, -0.1) is 0 Å². The van der Waals surface area contributed by atoms with Crippen LogP contribution < -0.4 is 0 Å². The van der Waals surface area contributed by atoms with Crippen LogP contribution >= 0.6 is 24.2 Å². The van der Waals surface area contributed by atoms with Crippen molar-refractivity contribution < 1.29 is 13.2 Å². The molecule has 0 N–H and O–H groups in total. The van der Waals surface area contributed by atoms with Crippen LogP contribution in [0.5, 0.6) is 0 Å². The Hall–Kier alpha value is -0.350. The molecular formula is C8H5ClF3S. The molecule has 0 aliphatic carbocycles. The number of hydrogen-bond acceptors (Lipinski definition) is 0. The summed E-state index contributed by atoms with van der Waals surface area (Å²) >= 11 is 10.2. The molecule has 0 unspecified atom stereocenters. The van der Waals surface area contributed by atoms with Crippen molar-refractivity contribution in [2.75, 3.05) is 0 Å². The largest absolute Gasteiger partial charge is 0.416 e. The molecule has 0 heterocycles. The Morgan fingerprint density at radius 3 is 2.38 bits per heavy atom. The standard InChI is InChI=1S/C8H5ClF3S/c9-7-2-1-6(8(10,11)12)3-5(7)4-13/h1-3H,4H2. The predicted molar refractivity (Wildman–Crippen MR) is 47.7 cm³/mol. The number of rotatable bonds is 1. The number of benzene rings is 1. The zero-order valence-electron chi connectivity index (χ0n) is 6.36. The molecule has 0 fully saturated rings. The average molecular weight is 226 g/mol. The van der Waals surface area contributed by atoms with Crippen molar-refractivity contribution >= 4 is 24.2 Å². The van der Waals surface area contributed by atoms with Gasteiger partial charge in [0.25, 0.3) is 0 Å². The van der Waals surface area contributed by atoms with E-state index in [2.05, 4.69) is 12.6 Å². The molecule has 0 saturated carbocycles. The third kappa shape index (κ3) is 2.54. The monoisotopic (exact) mass is 225 g/mol. The maximum Gasteiger partial charge on any atom is 0.416 e. The second-order valence-electron chi connectivity index (χ2n) is 2.45. The first-order valence-corrected chi connectivity index (χ1v) is 4.34. The molecule has 1 rings (SSSR count). The summed E-state index contributed by atoms with van der Waals surface area (Å²) in [5, 5.41) is 0.281. The van der Waals surface area contributed by atoms with Crippen molar-refractivity contribution in [3.8, 4) is 0 Å². The van der Waals surface area contributed by atoms with Gasteiger partial charge >= 0.3 is 6.18 Å². The highest BCUT2D eigenvalue weighted by Gasteiger charge is 2.30. The first-order chi connectivity index (χ1) is 5.95. The van der Waals surface area contributed by atoms with Gasteiger partial charge in [0.1, 0.15) is 0 Å². The molecule has 0 aliphatic heterocycles. The smallest absolute Gasteiger partial charge is 0.166 e. The SMILES string of the molecule is FC(F)(F)c1ccc(Cl)c(C[S])c1. The minimum Gasteiger partial charge on any atom is -0.166 e. The molecule has 0 nitrogen and oxygen atoms in total. The van der Waals surface area contributed by atoms with Crippen LogP contribution in [0.15, 0.2) is 18.2 Å². The Bertz CT molecular complexity index is 309. The molecule has 0 aromatic heterocycles. The van der Waals surface area contributed by atoms with E-state index in [0.29, 0.717) is 5.56 Å². The van der Waals surface area contributed by atoms with Crippen molar-refractivity contribution in [2.24, 2.45) is 0 Å². The molecule has 0 bridgehead atoms. The Morgan fingerprint density at radius 1 is 1.31 bits per heavy atom. The molecule has 5 heteroatoms. The van der Waals surface area contributed by atoms with Crippen molar-refractivity contribution in [3.63, 3.8) is 0 Å². The topological polar surface area (TPSA) is 0 Å². The lowest BCUT2D eigenvalue weighted by molar-refractivity contribution is -0.137. The summed E-state index contributed by atoms with van der Waals surface area (Å²) in [7, 11) is 0. The van der Waals surface area contributed by atoms with Gasteiger partial charge in [-0.05, 0) is 23.8 Å². The highest BCUT2D eigenvalue weighted by Crippen LogP contribution is 2.32. The third-order valence-corrected chi connectivity index (χ3v) is 2.21. The van der Waals surface area contributed by atoms with Crippen LogP contribution in [0.1, 0.15) is 11.1 Å².